The fraction of sp³-hybridized carbons (Fsp3) is 0.467. The highest BCUT2D eigenvalue weighted by molar-refractivity contribution is 5.87. The van der Waals surface area contributed by atoms with Crippen LogP contribution < -0.4 is 0 Å². The van der Waals surface area contributed by atoms with Crippen LogP contribution in [0, 0.1) is 5.92 Å². The molecule has 0 radical (unpaired) electrons. The van der Waals surface area contributed by atoms with Crippen LogP contribution in [0.15, 0.2) is 30.3 Å². The summed E-state index contributed by atoms with van der Waals surface area (Å²) in [5.74, 6) is -1.57. The van der Waals surface area contributed by atoms with Gasteiger partial charge in [0, 0.05) is 13.0 Å². The maximum Gasteiger partial charge on any atom is 0.309 e. The summed E-state index contributed by atoms with van der Waals surface area (Å²) >= 11 is 0. The molecule has 0 bridgehead atoms. The van der Waals surface area contributed by atoms with Gasteiger partial charge < -0.3 is 10.0 Å². The molecule has 19 heavy (non-hydrogen) atoms. The Bertz CT molecular complexity index is 458. The second kappa shape index (κ2) is 5.87. The van der Waals surface area contributed by atoms with Crippen molar-refractivity contribution in [1.29, 1.82) is 0 Å². The maximum atomic E-state index is 12.0. The van der Waals surface area contributed by atoms with Gasteiger partial charge in [-0.25, -0.2) is 0 Å². The van der Waals surface area contributed by atoms with E-state index >= 15 is 0 Å². The summed E-state index contributed by atoms with van der Waals surface area (Å²) in [5.41, 5.74) is 0.914. The van der Waals surface area contributed by atoms with Crippen LogP contribution >= 0.6 is 0 Å². The Kier molecular flexibility index (Phi) is 4.20. The zero-order valence-corrected chi connectivity index (χ0v) is 11.1. The maximum absolute atomic E-state index is 12.0. The number of carboxylic acid groups (broad SMARTS) is 1. The van der Waals surface area contributed by atoms with Gasteiger partial charge in [0.05, 0.1) is 12.0 Å². The average Bonchev–Trinajstić information content (AvgIpc) is 2.74. The molecule has 1 aromatic rings. The largest absolute Gasteiger partial charge is 0.481 e. The lowest BCUT2D eigenvalue weighted by molar-refractivity contribution is -0.142. The highest BCUT2D eigenvalue weighted by Gasteiger charge is 2.44. The molecule has 1 fully saturated rings. The Hall–Kier alpha value is -1.84. The first kappa shape index (κ1) is 13.6. The smallest absolute Gasteiger partial charge is 0.309 e. The average molecular weight is 261 g/mol. The molecule has 1 heterocycles. The van der Waals surface area contributed by atoms with Gasteiger partial charge in [0.25, 0.3) is 0 Å². The van der Waals surface area contributed by atoms with Crippen molar-refractivity contribution < 1.29 is 14.7 Å². The topological polar surface area (TPSA) is 57.6 Å². The zero-order chi connectivity index (χ0) is 13.8. The van der Waals surface area contributed by atoms with Crippen LogP contribution in [0.5, 0.6) is 0 Å². The summed E-state index contributed by atoms with van der Waals surface area (Å²) in [5, 5.41) is 9.33. The van der Waals surface area contributed by atoms with Gasteiger partial charge in [-0.3, -0.25) is 9.59 Å². The van der Waals surface area contributed by atoms with Gasteiger partial charge in [-0.2, -0.15) is 0 Å². The van der Waals surface area contributed by atoms with E-state index in [9.17, 15) is 14.7 Å². The minimum Gasteiger partial charge on any atom is -0.481 e. The number of hydrogen-bond donors (Lipinski definition) is 1. The van der Waals surface area contributed by atoms with Crippen molar-refractivity contribution in [3.05, 3.63) is 35.9 Å². The molecule has 1 N–H and O–H groups in total. The van der Waals surface area contributed by atoms with Crippen molar-refractivity contribution in [3.8, 4) is 0 Å². The molecule has 0 saturated carbocycles. The van der Waals surface area contributed by atoms with Crippen molar-refractivity contribution in [2.24, 2.45) is 5.92 Å². The molecular formula is C15H19NO3. The van der Waals surface area contributed by atoms with Gasteiger partial charge in [-0.05, 0) is 12.0 Å². The van der Waals surface area contributed by atoms with E-state index in [0.29, 0.717) is 6.54 Å². The normalized spacial score (nSPS) is 22.8. The summed E-state index contributed by atoms with van der Waals surface area (Å²) in [6.07, 6.45) is 2.00. The zero-order valence-electron chi connectivity index (χ0n) is 11.1. The Morgan fingerprint density at radius 1 is 1.37 bits per heavy atom. The van der Waals surface area contributed by atoms with Crippen molar-refractivity contribution >= 4 is 11.9 Å². The van der Waals surface area contributed by atoms with E-state index in [1.165, 1.54) is 0 Å². The van der Waals surface area contributed by atoms with Gasteiger partial charge in [0.1, 0.15) is 0 Å². The lowest BCUT2D eigenvalue weighted by atomic mass is 9.94. The Morgan fingerprint density at radius 2 is 2.05 bits per heavy atom. The predicted octanol–water partition coefficient (Wildman–Crippen LogP) is 2.46. The van der Waals surface area contributed by atoms with Crippen molar-refractivity contribution in [1.82, 2.24) is 4.90 Å². The van der Waals surface area contributed by atoms with Crippen LogP contribution in [0.2, 0.25) is 0 Å². The summed E-state index contributed by atoms with van der Waals surface area (Å²) in [6, 6.07) is 9.14. The molecule has 2 rings (SSSR count). The molecule has 1 aliphatic heterocycles. The van der Waals surface area contributed by atoms with Gasteiger partial charge in [0.2, 0.25) is 5.91 Å². The van der Waals surface area contributed by atoms with Gasteiger partial charge in [0.15, 0.2) is 0 Å². The molecule has 0 spiro atoms. The Labute approximate surface area is 113 Å². The summed E-state index contributed by atoms with van der Waals surface area (Å²) < 4.78 is 0. The highest BCUT2D eigenvalue weighted by Crippen LogP contribution is 2.38. The number of rotatable bonds is 5. The number of aliphatic carboxylic acids is 1. The van der Waals surface area contributed by atoms with Crippen molar-refractivity contribution in [3.63, 3.8) is 0 Å². The second-order valence-corrected chi connectivity index (χ2v) is 4.95. The first-order chi connectivity index (χ1) is 9.15. The van der Waals surface area contributed by atoms with E-state index in [4.69, 9.17) is 0 Å². The second-order valence-electron chi connectivity index (χ2n) is 4.95. The highest BCUT2D eigenvalue weighted by atomic mass is 16.4. The van der Waals surface area contributed by atoms with Crippen LogP contribution in [0.4, 0.5) is 0 Å². The SMILES string of the molecule is CCCCN1C(=O)C[C@H](C(=O)O)[C@@H]1c1ccccc1. The van der Waals surface area contributed by atoms with E-state index in [0.717, 1.165) is 18.4 Å². The number of carbonyl (C=O) groups is 2. The van der Waals surface area contributed by atoms with E-state index in [-0.39, 0.29) is 18.4 Å². The summed E-state index contributed by atoms with van der Waals surface area (Å²) in [4.78, 5) is 25.1. The van der Waals surface area contributed by atoms with Gasteiger partial charge >= 0.3 is 5.97 Å². The fourth-order valence-corrected chi connectivity index (χ4v) is 2.67. The molecule has 1 aliphatic rings. The number of nitrogens with zero attached hydrogens (tertiary/aromatic N) is 1. The lowest BCUT2D eigenvalue weighted by Crippen LogP contribution is -2.31. The number of unbranched alkanes of at least 4 members (excludes halogenated alkanes) is 1. The molecule has 0 aromatic heterocycles. The van der Waals surface area contributed by atoms with Gasteiger partial charge in [-0.15, -0.1) is 0 Å². The van der Waals surface area contributed by atoms with Crippen molar-refractivity contribution in [2.45, 2.75) is 32.2 Å². The van der Waals surface area contributed by atoms with E-state index in [1.54, 1.807) is 4.90 Å². The number of likely N-dealkylation sites (tertiary alicyclic amines) is 1. The van der Waals surface area contributed by atoms with E-state index < -0.39 is 11.9 Å². The Balaban J connectivity index is 2.30. The Morgan fingerprint density at radius 3 is 2.63 bits per heavy atom. The molecule has 4 heteroatoms. The summed E-state index contributed by atoms with van der Waals surface area (Å²) in [7, 11) is 0. The molecular weight excluding hydrogens is 242 g/mol. The minimum absolute atomic E-state index is 0.0466. The quantitative estimate of drug-likeness (QED) is 0.885. The number of carboxylic acids is 1. The van der Waals surface area contributed by atoms with E-state index in [1.807, 2.05) is 30.3 Å². The molecule has 102 valence electrons. The third-order valence-corrected chi connectivity index (χ3v) is 3.64. The minimum atomic E-state index is -0.888. The molecule has 1 amide bonds. The molecule has 0 unspecified atom stereocenters. The molecule has 2 atom stereocenters. The number of carbonyl (C=O) groups excluding carboxylic acids is 1. The standard InChI is InChI=1S/C15H19NO3/c1-2-3-9-16-13(17)10-12(15(18)19)14(16)11-7-5-4-6-8-11/h4-8,12,14H,2-3,9-10H2,1H3,(H,18,19)/t12-,14-/m0/s1. The fourth-order valence-electron chi connectivity index (χ4n) is 2.67. The third kappa shape index (κ3) is 2.78. The predicted molar refractivity (Wildman–Crippen MR) is 71.5 cm³/mol. The van der Waals surface area contributed by atoms with Crippen LogP contribution in [0.25, 0.3) is 0 Å². The monoisotopic (exact) mass is 261 g/mol. The van der Waals surface area contributed by atoms with Crippen LogP contribution in [-0.4, -0.2) is 28.4 Å². The molecule has 0 aliphatic carbocycles. The van der Waals surface area contributed by atoms with Crippen LogP contribution in [-0.2, 0) is 9.59 Å². The van der Waals surface area contributed by atoms with E-state index in [2.05, 4.69) is 6.92 Å². The molecule has 1 saturated heterocycles. The van der Waals surface area contributed by atoms with Crippen LogP contribution in [0.3, 0.4) is 0 Å². The molecule has 4 nitrogen and oxygen atoms in total. The van der Waals surface area contributed by atoms with Crippen molar-refractivity contribution in [2.75, 3.05) is 6.54 Å². The number of amides is 1. The number of hydrogen-bond acceptors (Lipinski definition) is 2. The lowest BCUT2D eigenvalue weighted by Gasteiger charge is -2.27. The van der Waals surface area contributed by atoms with Crippen LogP contribution in [0.1, 0.15) is 37.8 Å². The number of benzene rings is 1. The first-order valence-electron chi connectivity index (χ1n) is 6.72. The summed E-state index contributed by atoms with van der Waals surface area (Å²) in [6.45, 7) is 2.70. The first-order valence-corrected chi connectivity index (χ1v) is 6.72. The molecule has 1 aromatic carbocycles. The third-order valence-electron chi connectivity index (χ3n) is 3.64. The van der Waals surface area contributed by atoms with Gasteiger partial charge in [-0.1, -0.05) is 43.7 Å².